The number of fused-ring (bicyclic) bond motifs is 3. The van der Waals surface area contributed by atoms with Gasteiger partial charge in [-0.3, -0.25) is 9.69 Å². The van der Waals surface area contributed by atoms with Crippen LogP contribution < -0.4 is 10.2 Å². The van der Waals surface area contributed by atoms with Gasteiger partial charge in [0.1, 0.15) is 0 Å². The molecule has 0 radical (unpaired) electrons. The summed E-state index contributed by atoms with van der Waals surface area (Å²) in [6, 6.07) is 3.24. The minimum Gasteiger partial charge on any atom is -0.434 e. The number of aryl methyl sites for hydroxylation is 1. The number of nitrogens with zero attached hydrogens (tertiary/aromatic N) is 2. The zero-order chi connectivity index (χ0) is 17.6. The van der Waals surface area contributed by atoms with Crippen LogP contribution in [0.4, 0.5) is 14.9 Å². The first kappa shape index (κ1) is 15.6. The number of rotatable bonds is 2. The molecule has 2 heterocycles. The van der Waals surface area contributed by atoms with Gasteiger partial charge in [0.2, 0.25) is 0 Å². The highest BCUT2D eigenvalue weighted by atomic mass is 19.1. The van der Waals surface area contributed by atoms with Crippen LogP contribution in [0.15, 0.2) is 22.9 Å². The molecular weight excluding hydrogens is 329 g/mol. The van der Waals surface area contributed by atoms with Crippen LogP contribution in [0.3, 0.4) is 0 Å². The minimum atomic E-state index is -0.948. The number of halogens is 1. The molecule has 1 aromatic heterocycles. The van der Waals surface area contributed by atoms with Crippen molar-refractivity contribution in [3.63, 3.8) is 0 Å². The van der Waals surface area contributed by atoms with E-state index in [0.717, 1.165) is 23.3 Å². The molecule has 1 fully saturated rings. The van der Waals surface area contributed by atoms with Crippen molar-refractivity contribution < 1.29 is 23.2 Å². The SMILES string of the molecule is CNC(=O)[C@H]1CN(c2ccc3c(c2F)CCCc2cnoc2-3)C(=O)O1. The van der Waals surface area contributed by atoms with Crippen molar-refractivity contribution in [3.05, 3.63) is 35.3 Å². The first-order valence-corrected chi connectivity index (χ1v) is 8.05. The summed E-state index contributed by atoms with van der Waals surface area (Å²) >= 11 is 0. The summed E-state index contributed by atoms with van der Waals surface area (Å²) in [5.74, 6) is -0.334. The van der Waals surface area contributed by atoms with Gasteiger partial charge in [-0.1, -0.05) is 5.16 Å². The first-order chi connectivity index (χ1) is 12.1. The highest BCUT2D eigenvalue weighted by Crippen LogP contribution is 2.38. The van der Waals surface area contributed by atoms with Crippen molar-refractivity contribution in [2.24, 2.45) is 0 Å². The Labute approximate surface area is 142 Å². The highest BCUT2D eigenvalue weighted by molar-refractivity contribution is 5.96. The Bertz CT molecular complexity index is 864. The third-order valence-electron chi connectivity index (χ3n) is 4.63. The number of nitrogens with one attached hydrogen (secondary N) is 1. The zero-order valence-electron chi connectivity index (χ0n) is 13.5. The van der Waals surface area contributed by atoms with Crippen molar-refractivity contribution >= 4 is 17.7 Å². The summed E-state index contributed by atoms with van der Waals surface area (Å²) in [5, 5.41) is 6.22. The highest BCUT2D eigenvalue weighted by Gasteiger charge is 2.38. The Morgan fingerprint density at radius 1 is 1.40 bits per heavy atom. The van der Waals surface area contributed by atoms with Gasteiger partial charge in [0.25, 0.3) is 5.91 Å². The van der Waals surface area contributed by atoms with Crippen LogP contribution in [0, 0.1) is 5.82 Å². The molecule has 0 spiro atoms. The summed E-state index contributed by atoms with van der Waals surface area (Å²) in [6.07, 6.45) is 2.01. The number of amides is 2. The van der Waals surface area contributed by atoms with Gasteiger partial charge in [0.05, 0.1) is 18.4 Å². The molecular formula is C17H16FN3O4. The molecule has 1 N–H and O–H groups in total. The van der Waals surface area contributed by atoms with Gasteiger partial charge in [-0.25, -0.2) is 9.18 Å². The van der Waals surface area contributed by atoms with E-state index < -0.39 is 23.9 Å². The van der Waals surface area contributed by atoms with Gasteiger partial charge in [-0.2, -0.15) is 0 Å². The molecule has 1 saturated heterocycles. The molecule has 1 aromatic carbocycles. The Balaban J connectivity index is 1.73. The van der Waals surface area contributed by atoms with Crippen LogP contribution in [0.2, 0.25) is 0 Å². The standard InChI is InChI=1S/C17H16FN3O4/c1-19-16(22)13-8-21(17(23)24-13)12-6-5-11-10(14(12)18)4-2-3-9-7-20-25-15(9)11/h5-7,13H,2-4,8H2,1H3,(H,19,22)/t13-/m1/s1. The van der Waals surface area contributed by atoms with Gasteiger partial charge in [-0.05, 0) is 31.4 Å². The molecule has 1 aliphatic heterocycles. The van der Waals surface area contributed by atoms with E-state index in [1.807, 2.05) is 0 Å². The van der Waals surface area contributed by atoms with Crippen molar-refractivity contribution in [2.45, 2.75) is 25.4 Å². The first-order valence-electron chi connectivity index (χ1n) is 8.05. The van der Waals surface area contributed by atoms with E-state index >= 15 is 4.39 Å². The predicted octanol–water partition coefficient (Wildman–Crippen LogP) is 2.04. The number of cyclic esters (lactones) is 1. The second kappa shape index (κ2) is 5.87. The number of hydrogen-bond donors (Lipinski definition) is 1. The number of anilines is 1. The van der Waals surface area contributed by atoms with Crippen molar-refractivity contribution in [1.29, 1.82) is 0 Å². The van der Waals surface area contributed by atoms with Crippen LogP contribution in [-0.4, -0.2) is 36.9 Å². The Morgan fingerprint density at radius 3 is 3.04 bits per heavy atom. The maximum absolute atomic E-state index is 15.2. The molecule has 2 aromatic rings. The molecule has 0 unspecified atom stereocenters. The van der Waals surface area contributed by atoms with Gasteiger partial charge in [-0.15, -0.1) is 0 Å². The minimum absolute atomic E-state index is 0.0260. The summed E-state index contributed by atoms with van der Waals surface area (Å²) in [6.45, 7) is -0.0260. The number of likely N-dealkylation sites (N-methyl/N-ethyl adjacent to an activating group) is 1. The van der Waals surface area contributed by atoms with Gasteiger partial charge < -0.3 is 14.6 Å². The monoisotopic (exact) mass is 345 g/mol. The summed E-state index contributed by atoms with van der Waals surface area (Å²) in [7, 11) is 1.46. The van der Waals surface area contributed by atoms with E-state index in [0.29, 0.717) is 23.3 Å². The van der Waals surface area contributed by atoms with Gasteiger partial charge >= 0.3 is 6.09 Å². The number of benzene rings is 1. The van der Waals surface area contributed by atoms with Crippen molar-refractivity contribution in [1.82, 2.24) is 10.5 Å². The van der Waals surface area contributed by atoms with Crippen LogP contribution in [-0.2, 0) is 22.4 Å². The number of hydrogen-bond acceptors (Lipinski definition) is 5. The number of carbonyl (C=O) groups is 2. The van der Waals surface area contributed by atoms with E-state index in [9.17, 15) is 9.59 Å². The molecule has 2 amide bonds. The lowest BCUT2D eigenvalue weighted by atomic mass is 10.0. The Kier molecular flexibility index (Phi) is 3.67. The quantitative estimate of drug-likeness (QED) is 0.900. The van der Waals surface area contributed by atoms with Crippen LogP contribution >= 0.6 is 0 Å². The molecule has 1 aliphatic carbocycles. The second-order valence-electron chi connectivity index (χ2n) is 6.06. The molecule has 130 valence electrons. The Morgan fingerprint density at radius 2 is 2.24 bits per heavy atom. The average Bonchev–Trinajstić information content (AvgIpc) is 3.18. The van der Waals surface area contributed by atoms with Gasteiger partial charge in [0, 0.05) is 23.7 Å². The van der Waals surface area contributed by atoms with E-state index in [2.05, 4.69) is 10.5 Å². The molecule has 7 nitrogen and oxygen atoms in total. The largest absolute Gasteiger partial charge is 0.434 e. The molecule has 8 heteroatoms. The normalized spacial score (nSPS) is 19.0. The maximum Gasteiger partial charge on any atom is 0.415 e. The second-order valence-corrected chi connectivity index (χ2v) is 6.06. The maximum atomic E-state index is 15.2. The smallest absolute Gasteiger partial charge is 0.415 e. The Hall–Kier alpha value is -2.90. The van der Waals surface area contributed by atoms with E-state index in [1.54, 1.807) is 12.3 Å². The number of aromatic nitrogens is 1. The van der Waals surface area contributed by atoms with E-state index in [1.165, 1.54) is 13.1 Å². The fourth-order valence-corrected chi connectivity index (χ4v) is 3.35. The molecule has 0 saturated carbocycles. The van der Waals surface area contributed by atoms with Crippen molar-refractivity contribution in [2.75, 3.05) is 18.5 Å². The molecule has 25 heavy (non-hydrogen) atoms. The number of ether oxygens (including phenoxy) is 1. The summed E-state index contributed by atoms with van der Waals surface area (Å²) < 4.78 is 25.5. The molecule has 1 atom stereocenters. The van der Waals surface area contributed by atoms with Gasteiger partial charge in [0.15, 0.2) is 17.7 Å². The fourth-order valence-electron chi connectivity index (χ4n) is 3.35. The van der Waals surface area contributed by atoms with Crippen LogP contribution in [0.1, 0.15) is 17.5 Å². The average molecular weight is 345 g/mol. The van der Waals surface area contributed by atoms with Crippen LogP contribution in [0.5, 0.6) is 0 Å². The molecule has 0 bridgehead atoms. The zero-order valence-corrected chi connectivity index (χ0v) is 13.5. The lowest BCUT2D eigenvalue weighted by molar-refractivity contribution is -0.127. The lowest BCUT2D eigenvalue weighted by Crippen LogP contribution is -2.35. The van der Waals surface area contributed by atoms with E-state index in [-0.39, 0.29) is 12.2 Å². The molecule has 2 aliphatic rings. The number of carbonyl (C=O) groups excluding carboxylic acids is 2. The predicted molar refractivity (Wildman–Crippen MR) is 85.6 cm³/mol. The lowest BCUT2D eigenvalue weighted by Gasteiger charge is -2.17. The summed E-state index contributed by atoms with van der Waals surface area (Å²) in [5.41, 5.74) is 2.20. The third kappa shape index (κ3) is 2.45. The molecule has 4 rings (SSSR count). The topological polar surface area (TPSA) is 84.7 Å². The van der Waals surface area contributed by atoms with Crippen LogP contribution in [0.25, 0.3) is 11.3 Å². The fraction of sp³-hybridized carbons (Fsp3) is 0.353. The van der Waals surface area contributed by atoms with Crippen molar-refractivity contribution in [3.8, 4) is 11.3 Å². The third-order valence-corrected chi connectivity index (χ3v) is 4.63. The summed E-state index contributed by atoms with van der Waals surface area (Å²) in [4.78, 5) is 24.9. The van der Waals surface area contributed by atoms with E-state index in [4.69, 9.17) is 9.26 Å².